The van der Waals surface area contributed by atoms with Gasteiger partial charge in [-0.2, -0.15) is 5.10 Å². The van der Waals surface area contributed by atoms with Gasteiger partial charge in [0.15, 0.2) is 0 Å². The molecule has 22 heavy (non-hydrogen) atoms. The van der Waals surface area contributed by atoms with E-state index in [2.05, 4.69) is 47.3 Å². The SMILES string of the molecule is C=C(/C=C(C)\C(C)=N/N)C1(CCNCc2ccccc2)CC1. The predicted molar refractivity (Wildman–Crippen MR) is 94.6 cm³/mol. The molecule has 0 bridgehead atoms. The molecule has 1 aliphatic carbocycles. The van der Waals surface area contributed by atoms with Crippen molar-refractivity contribution in [3.8, 4) is 0 Å². The lowest BCUT2D eigenvalue weighted by Crippen LogP contribution is -2.19. The van der Waals surface area contributed by atoms with Gasteiger partial charge in [0.2, 0.25) is 0 Å². The highest BCUT2D eigenvalue weighted by Crippen LogP contribution is 2.54. The largest absolute Gasteiger partial charge is 0.323 e. The van der Waals surface area contributed by atoms with Crippen molar-refractivity contribution < 1.29 is 0 Å². The molecule has 3 heteroatoms. The molecule has 1 fully saturated rings. The van der Waals surface area contributed by atoms with Gasteiger partial charge < -0.3 is 11.2 Å². The Labute approximate surface area is 134 Å². The Bertz CT molecular complexity index is 566. The molecule has 118 valence electrons. The lowest BCUT2D eigenvalue weighted by molar-refractivity contribution is 0.518. The summed E-state index contributed by atoms with van der Waals surface area (Å²) in [5, 5.41) is 7.28. The molecular weight excluding hydrogens is 270 g/mol. The highest BCUT2D eigenvalue weighted by atomic mass is 15.1. The van der Waals surface area contributed by atoms with Crippen molar-refractivity contribution in [3.63, 3.8) is 0 Å². The molecule has 3 nitrogen and oxygen atoms in total. The van der Waals surface area contributed by atoms with Crippen molar-refractivity contribution in [2.24, 2.45) is 16.4 Å². The van der Waals surface area contributed by atoms with Crippen LogP contribution in [0.2, 0.25) is 0 Å². The monoisotopic (exact) mass is 297 g/mol. The molecule has 2 rings (SSSR count). The predicted octanol–water partition coefficient (Wildman–Crippen LogP) is 3.78. The summed E-state index contributed by atoms with van der Waals surface area (Å²) in [5.41, 5.74) is 4.82. The van der Waals surface area contributed by atoms with Crippen molar-refractivity contribution in [1.82, 2.24) is 5.32 Å². The van der Waals surface area contributed by atoms with Gasteiger partial charge in [0.25, 0.3) is 0 Å². The molecule has 0 heterocycles. The number of benzene rings is 1. The molecule has 0 amide bonds. The zero-order valence-electron chi connectivity index (χ0n) is 13.7. The summed E-state index contributed by atoms with van der Waals surface area (Å²) in [7, 11) is 0. The molecule has 1 aromatic carbocycles. The lowest BCUT2D eigenvalue weighted by atomic mass is 9.91. The number of nitrogens with two attached hydrogens (primary N) is 1. The van der Waals surface area contributed by atoms with Gasteiger partial charge in [0.1, 0.15) is 0 Å². The summed E-state index contributed by atoms with van der Waals surface area (Å²) >= 11 is 0. The van der Waals surface area contributed by atoms with Crippen LogP contribution in [-0.2, 0) is 6.54 Å². The summed E-state index contributed by atoms with van der Waals surface area (Å²) in [6.07, 6.45) is 5.76. The third-order valence-corrected chi connectivity index (χ3v) is 4.64. The second kappa shape index (κ2) is 7.41. The van der Waals surface area contributed by atoms with E-state index in [1.54, 1.807) is 0 Å². The Balaban J connectivity index is 1.81. The molecule has 0 radical (unpaired) electrons. The third-order valence-electron chi connectivity index (χ3n) is 4.64. The van der Waals surface area contributed by atoms with Crippen molar-refractivity contribution in [1.29, 1.82) is 0 Å². The molecule has 1 aliphatic rings. The lowest BCUT2D eigenvalue weighted by Gasteiger charge is -2.17. The normalized spacial score (nSPS) is 17.4. The Morgan fingerprint density at radius 2 is 2.00 bits per heavy atom. The van der Waals surface area contributed by atoms with Crippen molar-refractivity contribution in [3.05, 3.63) is 59.7 Å². The fourth-order valence-corrected chi connectivity index (χ4v) is 2.66. The van der Waals surface area contributed by atoms with Crippen molar-refractivity contribution >= 4 is 5.71 Å². The fourth-order valence-electron chi connectivity index (χ4n) is 2.66. The molecule has 0 unspecified atom stereocenters. The number of allylic oxidation sites excluding steroid dienone is 3. The molecule has 1 aromatic rings. The van der Waals surface area contributed by atoms with Crippen LogP contribution in [0.5, 0.6) is 0 Å². The van der Waals surface area contributed by atoms with E-state index in [1.165, 1.54) is 24.0 Å². The maximum absolute atomic E-state index is 5.33. The average molecular weight is 297 g/mol. The summed E-state index contributed by atoms with van der Waals surface area (Å²) in [4.78, 5) is 0. The van der Waals surface area contributed by atoms with E-state index in [9.17, 15) is 0 Å². The highest BCUT2D eigenvalue weighted by molar-refractivity contribution is 5.97. The molecule has 0 saturated heterocycles. The minimum Gasteiger partial charge on any atom is -0.323 e. The molecule has 0 aromatic heterocycles. The van der Waals surface area contributed by atoms with E-state index >= 15 is 0 Å². The minimum atomic E-state index is 0.291. The van der Waals surface area contributed by atoms with Crippen LogP contribution in [0.3, 0.4) is 0 Å². The number of hydrogen-bond acceptors (Lipinski definition) is 3. The Kier molecular flexibility index (Phi) is 5.56. The zero-order valence-corrected chi connectivity index (χ0v) is 13.7. The van der Waals surface area contributed by atoms with Crippen LogP contribution in [0.25, 0.3) is 0 Å². The van der Waals surface area contributed by atoms with E-state index in [4.69, 9.17) is 5.84 Å². The van der Waals surface area contributed by atoms with Gasteiger partial charge in [-0.3, -0.25) is 0 Å². The average Bonchev–Trinajstić information content (AvgIpc) is 3.33. The molecule has 0 spiro atoms. The van der Waals surface area contributed by atoms with E-state index in [-0.39, 0.29) is 0 Å². The van der Waals surface area contributed by atoms with Crippen LogP contribution in [0.4, 0.5) is 0 Å². The number of nitrogens with one attached hydrogen (secondary N) is 1. The Hall–Kier alpha value is -1.87. The number of hydrazone groups is 1. The van der Waals surface area contributed by atoms with Crippen LogP contribution in [0, 0.1) is 5.41 Å². The third kappa shape index (κ3) is 4.31. The standard InChI is InChI=1S/C19H27N3/c1-15(17(3)22-20)13-16(2)19(9-10-19)11-12-21-14-18-7-5-4-6-8-18/h4-8,13,21H,2,9-12,14,20H2,1,3H3/b15-13-,22-17-. The zero-order chi connectivity index (χ0) is 16.0. The van der Waals surface area contributed by atoms with E-state index in [0.717, 1.165) is 30.8 Å². The minimum absolute atomic E-state index is 0.291. The molecule has 0 atom stereocenters. The summed E-state index contributed by atoms with van der Waals surface area (Å²) in [6.45, 7) is 10.2. The van der Waals surface area contributed by atoms with Crippen molar-refractivity contribution in [2.75, 3.05) is 6.54 Å². The first-order valence-corrected chi connectivity index (χ1v) is 7.94. The number of nitrogens with zero attached hydrogens (tertiary/aromatic N) is 1. The molecule has 0 aliphatic heterocycles. The maximum atomic E-state index is 5.33. The quantitative estimate of drug-likeness (QED) is 0.252. The maximum Gasteiger partial charge on any atom is 0.0598 e. The van der Waals surface area contributed by atoms with Gasteiger partial charge in [-0.25, -0.2) is 0 Å². The first-order valence-electron chi connectivity index (χ1n) is 7.94. The smallest absolute Gasteiger partial charge is 0.0598 e. The van der Waals surface area contributed by atoms with Crippen LogP contribution < -0.4 is 11.2 Å². The van der Waals surface area contributed by atoms with Crippen molar-refractivity contribution in [2.45, 2.75) is 39.7 Å². The number of hydrogen-bond donors (Lipinski definition) is 2. The van der Waals surface area contributed by atoms with Crippen LogP contribution in [0.15, 0.2) is 59.2 Å². The van der Waals surface area contributed by atoms with Crippen LogP contribution in [0.1, 0.15) is 38.7 Å². The fraction of sp³-hybridized carbons (Fsp3) is 0.421. The van der Waals surface area contributed by atoms with Crippen LogP contribution in [-0.4, -0.2) is 12.3 Å². The van der Waals surface area contributed by atoms with E-state index < -0.39 is 0 Å². The first-order chi connectivity index (χ1) is 10.6. The number of rotatable bonds is 8. The van der Waals surface area contributed by atoms with E-state index in [1.807, 2.05) is 19.9 Å². The summed E-state index contributed by atoms with van der Waals surface area (Å²) < 4.78 is 0. The summed E-state index contributed by atoms with van der Waals surface area (Å²) in [6, 6.07) is 10.5. The topological polar surface area (TPSA) is 50.4 Å². The van der Waals surface area contributed by atoms with Gasteiger partial charge in [-0.05, 0) is 61.8 Å². The molecular formula is C19H27N3. The second-order valence-corrected chi connectivity index (χ2v) is 6.26. The van der Waals surface area contributed by atoms with Gasteiger partial charge >= 0.3 is 0 Å². The second-order valence-electron chi connectivity index (χ2n) is 6.26. The van der Waals surface area contributed by atoms with E-state index in [0.29, 0.717) is 5.41 Å². The van der Waals surface area contributed by atoms with Gasteiger partial charge in [0, 0.05) is 6.54 Å². The molecule has 1 saturated carbocycles. The van der Waals surface area contributed by atoms with Crippen LogP contribution >= 0.6 is 0 Å². The van der Waals surface area contributed by atoms with Gasteiger partial charge in [0.05, 0.1) is 5.71 Å². The highest BCUT2D eigenvalue weighted by Gasteiger charge is 2.43. The Morgan fingerprint density at radius 3 is 2.59 bits per heavy atom. The summed E-state index contributed by atoms with van der Waals surface area (Å²) in [5.74, 6) is 5.33. The first kappa shape index (κ1) is 16.5. The van der Waals surface area contributed by atoms with Gasteiger partial charge in [-0.15, -0.1) is 0 Å². The van der Waals surface area contributed by atoms with Gasteiger partial charge in [-0.1, -0.05) is 43.0 Å². The molecule has 3 N–H and O–H groups in total. The Morgan fingerprint density at radius 1 is 1.32 bits per heavy atom.